The maximum Gasteiger partial charge on any atom is 0.305 e. The van der Waals surface area contributed by atoms with Crippen LogP contribution in [0.4, 0.5) is 0 Å². The lowest BCUT2D eigenvalue weighted by Crippen LogP contribution is -2.67. The number of primary amides is 1. The van der Waals surface area contributed by atoms with Crippen LogP contribution in [0.3, 0.4) is 0 Å². The molecule has 0 fully saturated rings. The van der Waals surface area contributed by atoms with Gasteiger partial charge >= 0.3 is 11.9 Å². The van der Waals surface area contributed by atoms with Gasteiger partial charge in [-0.2, -0.15) is 0 Å². The number of aryl methyl sites for hydroxylation is 2. The van der Waals surface area contributed by atoms with Gasteiger partial charge in [-0.3, -0.25) is 62.3 Å². The number of nitrogens with zero attached hydrogens (tertiary/aromatic N) is 1. The monoisotopic (exact) mass is 1510 g/mol. The molecule has 109 heavy (non-hydrogen) atoms. The average molecular weight is 1510 g/mol. The van der Waals surface area contributed by atoms with Crippen LogP contribution < -0.4 is 69.4 Å². The molecule has 0 saturated heterocycles. The second-order valence-corrected chi connectivity index (χ2v) is 27.1. The summed E-state index contributed by atoms with van der Waals surface area (Å²) in [5, 5.41) is 75.8. The van der Waals surface area contributed by atoms with E-state index in [1.54, 1.807) is 79.9 Å². The van der Waals surface area contributed by atoms with E-state index in [1.807, 2.05) is 62.4 Å². The number of carboxylic acids is 2. The molecule has 20 N–H and O–H groups in total. The molecule has 0 spiro atoms. The maximum absolute atomic E-state index is 14.7. The number of benzene rings is 5. The van der Waals surface area contributed by atoms with Crippen molar-refractivity contribution in [1.82, 2.24) is 63.1 Å². The number of hydrogen-bond donors (Lipinski definition) is 18. The summed E-state index contributed by atoms with van der Waals surface area (Å²) in [5.41, 5.74) is 15.5. The highest BCUT2D eigenvalue weighted by Gasteiger charge is 2.43. The van der Waals surface area contributed by atoms with E-state index >= 15 is 0 Å². The van der Waals surface area contributed by atoms with Gasteiger partial charge in [0, 0.05) is 44.0 Å². The van der Waals surface area contributed by atoms with Crippen molar-refractivity contribution in [2.75, 3.05) is 20.3 Å². The summed E-state index contributed by atoms with van der Waals surface area (Å²) >= 11 is 0. The number of nitrogens with two attached hydrogens (primary N) is 2. The Morgan fingerprint density at radius 1 is 0.569 bits per heavy atom. The summed E-state index contributed by atoms with van der Waals surface area (Å²) in [5.74, 6) is -14.5. The van der Waals surface area contributed by atoms with E-state index in [-0.39, 0.29) is 25.7 Å². The number of nitrogens with one attached hydrogen (secondary N) is 11. The summed E-state index contributed by atoms with van der Waals surface area (Å²) in [7, 11) is 1.55. The van der Waals surface area contributed by atoms with Gasteiger partial charge in [-0.1, -0.05) is 116 Å². The minimum atomic E-state index is -2.18. The van der Waals surface area contributed by atoms with E-state index in [4.69, 9.17) is 16.2 Å². The summed E-state index contributed by atoms with van der Waals surface area (Å²) in [4.78, 5) is 184. The molecule has 11 atom stereocenters. The number of imidazole rings is 1. The molecule has 0 aliphatic heterocycles. The number of ether oxygens (including phenoxy) is 1. The van der Waals surface area contributed by atoms with Gasteiger partial charge in [-0.25, -0.2) is 4.98 Å². The molecular weight excluding hydrogens is 1410 g/mol. The molecule has 11 amide bonds. The number of aromatic nitrogens is 2. The molecule has 0 aliphatic rings. The Labute approximate surface area is 628 Å². The Morgan fingerprint density at radius 3 is 1.69 bits per heavy atom. The number of methoxy groups -OCH3 is 1. The quantitative estimate of drug-likeness (QED) is 0.0221. The van der Waals surface area contributed by atoms with Gasteiger partial charge in [0.1, 0.15) is 59.1 Å². The SMILES string of the molecule is CCc1cc(OC)ccc1-c1ccc(C[C@H](NC(=O)[C@H](CC(=O)O)NC(=O)[C@H](CO)NC(=O)[C@@H](NC(=O)[C@](C)(Cc2ccccc2)NC(=O)[C@@H](NC(=O)CNC(=O)[C@H](CCC(=O)O)NC(=O)C(C)(C)NC(=O)[C@@H](N)Cc2cnc[nH]2)[C@@H](C)O)[C@@H](C)O)C(=O)N[C@@H](Cc2ccc(-c3ccccc3C)cc2)C(N)=O)cc1. The first kappa shape index (κ1) is 86.0. The lowest BCUT2D eigenvalue weighted by Gasteiger charge is -2.34. The third-order valence-electron chi connectivity index (χ3n) is 17.8. The van der Waals surface area contributed by atoms with Crippen LogP contribution in [-0.4, -0.2) is 204 Å². The van der Waals surface area contributed by atoms with Crippen molar-refractivity contribution < 1.29 is 92.6 Å². The van der Waals surface area contributed by atoms with Crippen LogP contribution in [0.15, 0.2) is 134 Å². The molecule has 0 unspecified atom stereocenters. The number of rotatable bonds is 41. The Kier molecular flexibility index (Phi) is 31.7. The number of H-pyrrole nitrogens is 1. The average Bonchev–Trinajstić information content (AvgIpc) is 0.870. The first-order valence-electron chi connectivity index (χ1n) is 35.0. The van der Waals surface area contributed by atoms with Gasteiger partial charge < -0.3 is 99.9 Å². The number of hydrogen-bond acceptors (Lipinski definition) is 19. The summed E-state index contributed by atoms with van der Waals surface area (Å²) in [6.45, 7) is 7.68. The second kappa shape index (κ2) is 40.1. The van der Waals surface area contributed by atoms with E-state index in [0.717, 1.165) is 47.2 Å². The largest absolute Gasteiger partial charge is 0.497 e. The minimum Gasteiger partial charge on any atom is -0.497 e. The van der Waals surface area contributed by atoms with Crippen LogP contribution in [0, 0.1) is 6.92 Å². The molecule has 33 heteroatoms. The second-order valence-electron chi connectivity index (χ2n) is 27.1. The fourth-order valence-corrected chi connectivity index (χ4v) is 11.6. The van der Waals surface area contributed by atoms with E-state index in [0.29, 0.717) is 34.6 Å². The number of aliphatic hydroxyl groups is 3. The molecule has 0 saturated carbocycles. The molecule has 1 aromatic heterocycles. The molecule has 0 aliphatic carbocycles. The molecule has 0 bridgehead atoms. The normalized spacial score (nSPS) is 14.5. The van der Waals surface area contributed by atoms with Crippen LogP contribution in [0.25, 0.3) is 22.3 Å². The molecule has 584 valence electrons. The first-order valence-corrected chi connectivity index (χ1v) is 35.0. The highest BCUT2D eigenvalue weighted by Crippen LogP contribution is 2.29. The van der Waals surface area contributed by atoms with E-state index < -0.39 is 181 Å². The van der Waals surface area contributed by atoms with Crippen molar-refractivity contribution in [2.45, 2.75) is 171 Å². The van der Waals surface area contributed by atoms with Crippen LogP contribution in [0.1, 0.15) is 94.3 Å². The molecule has 6 rings (SSSR count). The number of aromatic amines is 1. The summed E-state index contributed by atoms with van der Waals surface area (Å²) < 4.78 is 5.42. The molecule has 33 nitrogen and oxygen atoms in total. The van der Waals surface area contributed by atoms with Crippen molar-refractivity contribution in [3.63, 3.8) is 0 Å². The Bertz CT molecular complexity index is 4200. The number of aliphatic hydroxyl groups excluding tert-OH is 3. The topological polar surface area (TPSA) is 533 Å². The summed E-state index contributed by atoms with van der Waals surface area (Å²) in [6, 6.07) is 21.7. The third-order valence-corrected chi connectivity index (χ3v) is 17.8. The first-order chi connectivity index (χ1) is 51.5. The van der Waals surface area contributed by atoms with Crippen LogP contribution in [0.5, 0.6) is 5.75 Å². The van der Waals surface area contributed by atoms with E-state index in [1.165, 1.54) is 33.3 Å². The van der Waals surface area contributed by atoms with Gasteiger partial charge in [0.05, 0.1) is 51.3 Å². The Balaban J connectivity index is 1.16. The smallest absolute Gasteiger partial charge is 0.305 e. The predicted octanol–water partition coefficient (Wildman–Crippen LogP) is -0.921. The highest BCUT2D eigenvalue weighted by atomic mass is 16.5. The number of carboxylic acid groups (broad SMARTS) is 2. The van der Waals surface area contributed by atoms with Crippen molar-refractivity contribution in [3.05, 3.63) is 167 Å². The van der Waals surface area contributed by atoms with Crippen LogP contribution >= 0.6 is 0 Å². The van der Waals surface area contributed by atoms with Crippen molar-refractivity contribution in [1.29, 1.82) is 0 Å². The van der Waals surface area contributed by atoms with Gasteiger partial charge in [0.2, 0.25) is 65.0 Å². The molecule has 6 aromatic rings. The Morgan fingerprint density at radius 2 is 1.13 bits per heavy atom. The molecule has 1 heterocycles. The zero-order valence-corrected chi connectivity index (χ0v) is 61.6. The standard InChI is InChI=1S/C76H96N14O19/c1-9-47-33-51(109-8)27-28-53(47)49-25-21-45(22-26-49)32-57(68(102)82-56(65(78)99)31-44-19-23-48(24-20-44)52-18-14-13-15-41(52)2)83-69(103)58(35-62(97)98)84-70(104)59(39-91)85-71(105)63(42(3)92)88-74(108)76(7,36-46-16-11-10-12-17-46)90-72(106)64(43(4)93)87-60(94)38-80-67(101)55(29-30-61(95)96)86-73(107)75(5,6)89-66(100)54(77)34-50-37-79-40-81-50/h10-28,33,37,40,42-43,54-59,63-64,91-93H,9,29-32,34-36,38-39,77H2,1-8H3,(H2,78,99)(H,79,81)(H,80,101)(H,82,102)(H,83,103)(H,84,104)(H,85,105)(H,86,107)(H,87,94)(H,88,108)(H,89,100)(H,90,106)(H,95,96)(H,97,98)/t42-,43-,54+,55+,56+,57+,58+,59+,63+,64+,76+/m1/s1. The lowest BCUT2D eigenvalue weighted by molar-refractivity contribution is -0.142. The fraction of sp³-hybridized carbons (Fsp3) is 0.395. The summed E-state index contributed by atoms with van der Waals surface area (Å²) in [6.07, 6.45) is -3.12. The van der Waals surface area contributed by atoms with Gasteiger partial charge in [-0.05, 0) is 117 Å². The van der Waals surface area contributed by atoms with E-state index in [2.05, 4.69) is 63.1 Å². The van der Waals surface area contributed by atoms with Crippen molar-refractivity contribution in [2.24, 2.45) is 11.5 Å². The predicted molar refractivity (Wildman–Crippen MR) is 396 cm³/mol. The number of amides is 11. The van der Waals surface area contributed by atoms with Gasteiger partial charge in [0.25, 0.3) is 0 Å². The number of carbonyl (C=O) groups is 13. The van der Waals surface area contributed by atoms with Crippen molar-refractivity contribution in [3.8, 4) is 28.0 Å². The number of carbonyl (C=O) groups excluding carboxylic acids is 11. The molecule has 5 aromatic carbocycles. The fourth-order valence-electron chi connectivity index (χ4n) is 11.6. The Hall–Kier alpha value is -11.9. The zero-order valence-electron chi connectivity index (χ0n) is 61.6. The minimum absolute atomic E-state index is 0.0220. The maximum atomic E-state index is 14.7. The zero-order chi connectivity index (χ0) is 80.4. The van der Waals surface area contributed by atoms with Crippen LogP contribution in [0.2, 0.25) is 0 Å². The van der Waals surface area contributed by atoms with E-state index in [9.17, 15) is 87.9 Å². The highest BCUT2D eigenvalue weighted by molar-refractivity contribution is 6.01. The van der Waals surface area contributed by atoms with Gasteiger partial charge in [0.15, 0.2) is 0 Å². The number of aliphatic carboxylic acids is 2. The van der Waals surface area contributed by atoms with Crippen LogP contribution in [-0.2, 0) is 94.4 Å². The van der Waals surface area contributed by atoms with Crippen molar-refractivity contribution >= 4 is 76.9 Å². The third kappa shape index (κ3) is 25.6. The molecular formula is C76H96N14O19. The van der Waals surface area contributed by atoms with Gasteiger partial charge in [-0.15, -0.1) is 0 Å². The lowest BCUT2D eigenvalue weighted by atomic mass is 9.90. The molecule has 0 radical (unpaired) electrons.